The van der Waals surface area contributed by atoms with Gasteiger partial charge >= 0.3 is 0 Å². The van der Waals surface area contributed by atoms with Gasteiger partial charge in [0.1, 0.15) is 35.5 Å². The van der Waals surface area contributed by atoms with E-state index in [0.717, 1.165) is 18.2 Å². The highest BCUT2D eigenvalue weighted by Gasteiger charge is 2.14. The van der Waals surface area contributed by atoms with E-state index in [1.54, 1.807) is 6.92 Å². The van der Waals surface area contributed by atoms with E-state index in [9.17, 15) is 13.6 Å². The van der Waals surface area contributed by atoms with Crippen molar-refractivity contribution in [3.05, 3.63) is 53.0 Å². The molecule has 20 heavy (non-hydrogen) atoms. The van der Waals surface area contributed by atoms with Crippen molar-refractivity contribution in [1.29, 1.82) is 0 Å². The Labute approximate surface area is 113 Å². The SMILES string of the molecule is Cc1oc(COc2cc(F)cc(F)c2)cc1C(=O)NN. The topological polar surface area (TPSA) is 77.5 Å². The van der Waals surface area contributed by atoms with Crippen LogP contribution in [-0.2, 0) is 6.61 Å². The highest BCUT2D eigenvalue weighted by Crippen LogP contribution is 2.19. The van der Waals surface area contributed by atoms with Gasteiger partial charge in [0.25, 0.3) is 5.91 Å². The molecule has 0 spiro atoms. The van der Waals surface area contributed by atoms with Crippen molar-refractivity contribution in [2.24, 2.45) is 5.84 Å². The smallest absolute Gasteiger partial charge is 0.268 e. The van der Waals surface area contributed by atoms with Crippen molar-refractivity contribution in [2.45, 2.75) is 13.5 Å². The molecule has 0 atom stereocenters. The van der Waals surface area contributed by atoms with Crippen molar-refractivity contribution < 1.29 is 22.7 Å². The quantitative estimate of drug-likeness (QED) is 0.511. The summed E-state index contributed by atoms with van der Waals surface area (Å²) >= 11 is 0. The molecule has 3 N–H and O–H groups in total. The number of hydrazine groups is 1. The maximum Gasteiger partial charge on any atom is 0.268 e. The lowest BCUT2D eigenvalue weighted by atomic mass is 10.2. The first kappa shape index (κ1) is 14.0. The number of carbonyl (C=O) groups is 1. The molecule has 1 aromatic carbocycles. The highest BCUT2D eigenvalue weighted by molar-refractivity contribution is 5.94. The summed E-state index contributed by atoms with van der Waals surface area (Å²) in [7, 11) is 0. The first-order valence-corrected chi connectivity index (χ1v) is 5.68. The van der Waals surface area contributed by atoms with Crippen LogP contribution in [0.15, 0.2) is 28.7 Å². The van der Waals surface area contributed by atoms with Gasteiger partial charge in [-0.3, -0.25) is 10.2 Å². The molecule has 0 aliphatic rings. The predicted molar refractivity (Wildman–Crippen MR) is 65.8 cm³/mol. The van der Waals surface area contributed by atoms with Gasteiger partial charge < -0.3 is 9.15 Å². The van der Waals surface area contributed by atoms with Crippen LogP contribution in [0.1, 0.15) is 21.9 Å². The molecule has 5 nitrogen and oxygen atoms in total. The van der Waals surface area contributed by atoms with Gasteiger partial charge in [-0.1, -0.05) is 0 Å². The Morgan fingerprint density at radius 2 is 1.95 bits per heavy atom. The molecular formula is C13H12F2N2O3. The minimum absolute atomic E-state index is 0.0291. The third-order valence-electron chi connectivity index (χ3n) is 2.56. The number of rotatable bonds is 4. The molecule has 1 aromatic heterocycles. The fourth-order valence-corrected chi connectivity index (χ4v) is 1.68. The number of carbonyl (C=O) groups excluding carboxylic acids is 1. The van der Waals surface area contributed by atoms with Crippen LogP contribution in [-0.4, -0.2) is 5.91 Å². The summed E-state index contributed by atoms with van der Waals surface area (Å²) in [5, 5.41) is 0. The zero-order chi connectivity index (χ0) is 14.7. The maximum absolute atomic E-state index is 13.0. The largest absolute Gasteiger partial charge is 0.485 e. The molecule has 0 unspecified atom stereocenters. The summed E-state index contributed by atoms with van der Waals surface area (Å²) in [6, 6.07) is 4.29. The minimum Gasteiger partial charge on any atom is -0.485 e. The summed E-state index contributed by atoms with van der Waals surface area (Å²) < 4.78 is 36.4. The van der Waals surface area contributed by atoms with E-state index >= 15 is 0 Å². The lowest BCUT2D eigenvalue weighted by Crippen LogP contribution is -2.30. The number of furan rings is 1. The van der Waals surface area contributed by atoms with Gasteiger partial charge in [0, 0.05) is 18.2 Å². The van der Waals surface area contributed by atoms with Crippen molar-refractivity contribution >= 4 is 5.91 Å². The average Bonchev–Trinajstić information content (AvgIpc) is 2.76. The molecule has 106 valence electrons. The van der Waals surface area contributed by atoms with Gasteiger partial charge in [0.15, 0.2) is 0 Å². The van der Waals surface area contributed by atoms with Gasteiger partial charge in [-0.2, -0.15) is 0 Å². The van der Waals surface area contributed by atoms with Gasteiger partial charge in [-0.25, -0.2) is 14.6 Å². The lowest BCUT2D eigenvalue weighted by Gasteiger charge is -2.04. The molecule has 7 heteroatoms. The molecule has 2 rings (SSSR count). The fraction of sp³-hybridized carbons (Fsp3) is 0.154. The Morgan fingerprint density at radius 3 is 2.55 bits per heavy atom. The summed E-state index contributed by atoms with van der Waals surface area (Å²) in [5.74, 6) is 3.80. The average molecular weight is 282 g/mol. The summed E-state index contributed by atoms with van der Waals surface area (Å²) in [5.41, 5.74) is 2.26. The second kappa shape index (κ2) is 5.70. The van der Waals surface area contributed by atoms with Crippen molar-refractivity contribution in [3.8, 4) is 5.75 Å². The molecule has 0 aliphatic heterocycles. The van der Waals surface area contributed by atoms with Crippen LogP contribution >= 0.6 is 0 Å². The number of ether oxygens (including phenoxy) is 1. The molecule has 2 aromatic rings. The molecule has 1 amide bonds. The molecule has 0 fully saturated rings. The Bertz CT molecular complexity index is 620. The normalized spacial score (nSPS) is 10.4. The zero-order valence-corrected chi connectivity index (χ0v) is 10.6. The van der Waals surface area contributed by atoms with Gasteiger partial charge in [0.2, 0.25) is 0 Å². The van der Waals surface area contributed by atoms with Crippen LogP contribution in [0.4, 0.5) is 8.78 Å². The van der Waals surface area contributed by atoms with E-state index < -0.39 is 17.5 Å². The van der Waals surface area contributed by atoms with Crippen LogP contribution in [0.5, 0.6) is 5.75 Å². The van der Waals surface area contributed by atoms with Gasteiger partial charge in [-0.05, 0) is 13.0 Å². The van der Waals surface area contributed by atoms with E-state index in [2.05, 4.69) is 0 Å². The third-order valence-corrected chi connectivity index (χ3v) is 2.56. The van der Waals surface area contributed by atoms with Crippen LogP contribution in [0.2, 0.25) is 0 Å². The number of benzene rings is 1. The molecular weight excluding hydrogens is 270 g/mol. The molecule has 0 saturated heterocycles. The molecule has 0 radical (unpaired) electrons. The Morgan fingerprint density at radius 1 is 1.30 bits per heavy atom. The maximum atomic E-state index is 13.0. The van der Waals surface area contributed by atoms with Crippen LogP contribution < -0.4 is 16.0 Å². The third kappa shape index (κ3) is 3.12. The number of halogens is 2. The van der Waals surface area contributed by atoms with Crippen LogP contribution in [0, 0.1) is 18.6 Å². The Kier molecular flexibility index (Phi) is 3.99. The first-order chi connectivity index (χ1) is 9.49. The summed E-state index contributed by atoms with van der Waals surface area (Å²) in [4.78, 5) is 11.4. The first-order valence-electron chi connectivity index (χ1n) is 5.68. The molecule has 0 saturated carbocycles. The fourth-order valence-electron chi connectivity index (χ4n) is 1.68. The number of nitrogen functional groups attached to an aromatic ring is 1. The summed E-state index contributed by atoms with van der Waals surface area (Å²) in [6.07, 6.45) is 0. The minimum atomic E-state index is -0.737. The zero-order valence-electron chi connectivity index (χ0n) is 10.6. The monoisotopic (exact) mass is 282 g/mol. The van der Waals surface area contributed by atoms with E-state index in [1.165, 1.54) is 6.07 Å². The van der Waals surface area contributed by atoms with E-state index in [0.29, 0.717) is 11.5 Å². The molecule has 1 heterocycles. The number of nitrogens with two attached hydrogens (primary N) is 1. The van der Waals surface area contributed by atoms with Crippen molar-refractivity contribution in [1.82, 2.24) is 5.43 Å². The second-order valence-corrected chi connectivity index (χ2v) is 4.05. The number of amides is 1. The number of hydrogen-bond donors (Lipinski definition) is 2. The Balaban J connectivity index is 2.09. The van der Waals surface area contributed by atoms with Gasteiger partial charge in [0.05, 0.1) is 5.56 Å². The van der Waals surface area contributed by atoms with Gasteiger partial charge in [-0.15, -0.1) is 0 Å². The second-order valence-electron chi connectivity index (χ2n) is 4.05. The van der Waals surface area contributed by atoms with E-state index in [-0.39, 0.29) is 17.9 Å². The van der Waals surface area contributed by atoms with Crippen LogP contribution in [0.3, 0.4) is 0 Å². The molecule has 0 bridgehead atoms. The highest BCUT2D eigenvalue weighted by atomic mass is 19.1. The molecule has 0 aliphatic carbocycles. The van der Waals surface area contributed by atoms with E-state index in [4.69, 9.17) is 15.0 Å². The number of hydrogen-bond acceptors (Lipinski definition) is 4. The standard InChI is InChI=1S/C13H12F2N2O3/c1-7-12(13(18)17-16)5-11(20-7)6-19-10-3-8(14)2-9(15)4-10/h2-5H,6,16H2,1H3,(H,17,18). The Hall–Kier alpha value is -2.41. The van der Waals surface area contributed by atoms with Crippen molar-refractivity contribution in [2.75, 3.05) is 0 Å². The number of aryl methyl sites for hydroxylation is 1. The summed E-state index contributed by atoms with van der Waals surface area (Å²) in [6.45, 7) is 1.53. The van der Waals surface area contributed by atoms with Crippen LogP contribution in [0.25, 0.3) is 0 Å². The van der Waals surface area contributed by atoms with E-state index in [1.807, 2.05) is 5.43 Å². The lowest BCUT2D eigenvalue weighted by molar-refractivity contribution is 0.0952. The van der Waals surface area contributed by atoms with Crippen molar-refractivity contribution in [3.63, 3.8) is 0 Å². The predicted octanol–water partition coefficient (Wildman–Crippen LogP) is 2.05. The number of nitrogens with one attached hydrogen (secondary N) is 1.